The molecule has 3 nitrogen and oxygen atoms in total. The number of halogens is 1. The van der Waals surface area contributed by atoms with Crippen molar-refractivity contribution in [1.82, 2.24) is 4.90 Å². The molecule has 12 rings (SSSR count). The Morgan fingerprint density at radius 3 is 2.07 bits per heavy atom. The summed E-state index contributed by atoms with van der Waals surface area (Å²) in [7, 11) is 0. The summed E-state index contributed by atoms with van der Waals surface area (Å²) in [6.45, 7) is 39.8. The van der Waals surface area contributed by atoms with E-state index in [1.54, 1.807) is 22.8 Å². The van der Waals surface area contributed by atoms with E-state index in [0.717, 1.165) is 37.1 Å². The fourth-order valence-corrected chi connectivity index (χ4v) is 16.7. The minimum Gasteiger partial charge on any atom is -0.468 e. The number of furan rings is 1. The molecule has 0 radical (unpaired) electrons. The molecule has 382 valence electrons. The van der Waals surface area contributed by atoms with Crippen LogP contribution in [0.1, 0.15) is 180 Å². The van der Waals surface area contributed by atoms with Crippen LogP contribution in [0.15, 0.2) is 127 Å². The zero-order valence-electron chi connectivity index (χ0n) is 47.4. The van der Waals surface area contributed by atoms with Gasteiger partial charge in [0.15, 0.2) is 0 Å². The van der Waals surface area contributed by atoms with E-state index >= 15 is 4.39 Å². The summed E-state index contributed by atoms with van der Waals surface area (Å²) in [6.07, 6.45) is 38.7. The molecular weight excluding hydrogens is 879 g/mol. The first-order valence-corrected chi connectivity index (χ1v) is 28.7. The second-order valence-electron chi connectivity index (χ2n) is 30.3. The van der Waals surface area contributed by atoms with Crippen molar-refractivity contribution in [2.45, 2.75) is 193 Å². The Labute approximate surface area is 435 Å². The summed E-state index contributed by atoms with van der Waals surface area (Å²) in [5.41, 5.74) is 19.2. The lowest BCUT2D eigenvalue weighted by Gasteiger charge is -2.57. The van der Waals surface area contributed by atoms with Crippen molar-refractivity contribution in [3.8, 4) is 0 Å². The Morgan fingerprint density at radius 2 is 1.36 bits per heavy atom. The minimum absolute atomic E-state index is 0.0125. The first kappa shape index (κ1) is 48.9. The van der Waals surface area contributed by atoms with Crippen molar-refractivity contribution in [1.29, 1.82) is 0 Å². The van der Waals surface area contributed by atoms with E-state index in [9.17, 15) is 0 Å². The molecule has 7 unspecified atom stereocenters. The van der Waals surface area contributed by atoms with Crippen molar-refractivity contribution in [2.24, 2.45) is 67.5 Å². The zero-order valence-corrected chi connectivity index (χ0v) is 47.4. The third kappa shape index (κ3) is 7.26. The normalized spacial score (nSPS) is 35.0. The third-order valence-electron chi connectivity index (χ3n) is 21.9. The van der Waals surface area contributed by atoms with Gasteiger partial charge in [0.25, 0.3) is 6.71 Å². The van der Waals surface area contributed by atoms with Gasteiger partial charge in [-0.05, 0) is 173 Å². The maximum absolute atomic E-state index is 17.0. The first-order chi connectivity index (χ1) is 33.6. The van der Waals surface area contributed by atoms with Gasteiger partial charge in [0.2, 0.25) is 0 Å². The smallest absolute Gasteiger partial charge is 0.292 e. The van der Waals surface area contributed by atoms with Crippen LogP contribution in [0.3, 0.4) is 0 Å². The second kappa shape index (κ2) is 15.8. The number of nitrogens with zero attached hydrogens (tertiary/aromatic N) is 2. The maximum atomic E-state index is 17.0. The van der Waals surface area contributed by atoms with Crippen LogP contribution in [0.4, 0.5) is 10.1 Å². The molecule has 9 aliphatic carbocycles. The molecule has 72 heavy (non-hydrogen) atoms. The Bertz CT molecular complexity index is 2890. The van der Waals surface area contributed by atoms with Gasteiger partial charge >= 0.3 is 0 Å². The number of fused-ring (bicyclic) bond motifs is 7. The largest absolute Gasteiger partial charge is 0.468 e. The van der Waals surface area contributed by atoms with Gasteiger partial charge in [-0.25, -0.2) is 4.39 Å². The van der Waals surface area contributed by atoms with E-state index in [2.05, 4.69) is 181 Å². The van der Waals surface area contributed by atoms with Gasteiger partial charge in [0.05, 0.1) is 17.4 Å². The summed E-state index contributed by atoms with van der Waals surface area (Å²) >= 11 is 0. The Balaban J connectivity index is 1.14. The number of anilines is 1. The Morgan fingerprint density at radius 1 is 0.694 bits per heavy atom. The fourth-order valence-electron chi connectivity index (χ4n) is 16.7. The second-order valence-corrected chi connectivity index (χ2v) is 30.3. The van der Waals surface area contributed by atoms with Crippen LogP contribution in [0.2, 0.25) is 0 Å². The van der Waals surface area contributed by atoms with Crippen LogP contribution in [0.5, 0.6) is 0 Å². The molecule has 0 saturated heterocycles. The van der Waals surface area contributed by atoms with Gasteiger partial charge in [-0.1, -0.05) is 175 Å². The number of rotatable bonds is 3. The predicted octanol–water partition coefficient (Wildman–Crippen LogP) is 16.9. The number of alkyl halides is 1. The van der Waals surface area contributed by atoms with Gasteiger partial charge in [-0.2, -0.15) is 0 Å². The van der Waals surface area contributed by atoms with Gasteiger partial charge in [-0.3, -0.25) is 0 Å². The van der Waals surface area contributed by atoms with Crippen LogP contribution in [0, 0.1) is 67.5 Å². The molecule has 0 N–H and O–H groups in total. The van der Waals surface area contributed by atoms with Gasteiger partial charge in [0, 0.05) is 34.6 Å². The summed E-state index contributed by atoms with van der Waals surface area (Å²) < 4.78 is 24.7. The number of hydrogen-bond acceptors (Lipinski definition) is 3. The summed E-state index contributed by atoms with van der Waals surface area (Å²) in [5.74, 6) is 2.16. The van der Waals surface area contributed by atoms with Gasteiger partial charge in [-0.15, -0.1) is 0 Å². The molecule has 2 fully saturated rings. The highest BCUT2D eigenvalue weighted by atomic mass is 19.1. The lowest BCUT2D eigenvalue weighted by molar-refractivity contribution is 0.0303. The topological polar surface area (TPSA) is 19.6 Å². The molecule has 11 aliphatic rings. The van der Waals surface area contributed by atoms with Crippen molar-refractivity contribution in [3.05, 3.63) is 134 Å². The molecule has 0 amide bonds. The van der Waals surface area contributed by atoms with Crippen LogP contribution in [0.25, 0.3) is 6.08 Å². The van der Waals surface area contributed by atoms with Gasteiger partial charge in [0.1, 0.15) is 11.9 Å². The Hall–Kier alpha value is -3.99. The lowest BCUT2D eigenvalue weighted by atomic mass is 9.31. The van der Waals surface area contributed by atoms with Crippen LogP contribution in [-0.4, -0.2) is 29.9 Å². The zero-order chi connectivity index (χ0) is 51.2. The van der Waals surface area contributed by atoms with E-state index in [4.69, 9.17) is 4.42 Å². The highest BCUT2D eigenvalue weighted by Crippen LogP contribution is 2.63. The van der Waals surface area contributed by atoms with E-state index in [-0.39, 0.29) is 62.6 Å². The highest BCUT2D eigenvalue weighted by Gasteiger charge is 2.58. The third-order valence-corrected chi connectivity index (χ3v) is 21.9. The molecule has 1 aromatic rings. The molecular formula is C67H88BFN2O. The molecule has 3 heterocycles. The molecule has 0 bridgehead atoms. The summed E-state index contributed by atoms with van der Waals surface area (Å²) in [6, 6.07) is 0.309. The Kier molecular flexibility index (Phi) is 10.7. The van der Waals surface area contributed by atoms with Gasteiger partial charge < -0.3 is 14.2 Å². The average Bonchev–Trinajstić information content (AvgIpc) is 3.68. The van der Waals surface area contributed by atoms with Crippen LogP contribution < -0.4 is 10.6 Å². The van der Waals surface area contributed by atoms with Crippen molar-refractivity contribution in [2.75, 3.05) is 4.90 Å². The fraction of sp³-hybridized carbons (Fsp3) is 0.612. The summed E-state index contributed by atoms with van der Waals surface area (Å²) in [5, 5.41) is 0. The molecule has 1 aromatic heterocycles. The summed E-state index contributed by atoms with van der Waals surface area (Å²) in [4.78, 5) is 5.74. The molecule has 5 heteroatoms. The van der Waals surface area contributed by atoms with Crippen molar-refractivity contribution < 1.29 is 8.81 Å². The predicted molar refractivity (Wildman–Crippen MR) is 301 cm³/mol. The quantitative estimate of drug-likeness (QED) is 0.282. The molecule has 2 aliphatic heterocycles. The van der Waals surface area contributed by atoms with E-state index in [1.165, 1.54) is 89.0 Å². The lowest BCUT2D eigenvalue weighted by Crippen LogP contribution is -2.61. The van der Waals surface area contributed by atoms with Crippen LogP contribution >= 0.6 is 0 Å². The van der Waals surface area contributed by atoms with Crippen molar-refractivity contribution >= 4 is 24.1 Å². The van der Waals surface area contributed by atoms with E-state index < -0.39 is 6.17 Å². The molecule has 0 aromatic carbocycles. The molecule has 2 saturated carbocycles. The standard InChI is InChI=1S/C67H88BFN2O/c1-39-31-55-58-56(32-39)71(53-37-49-47(64(9,10)27-29-66(49,13)14)35-43(53)42-19-17-18-20-52(42)69)54-38-50-48(65(11,12)28-30-67(50,15)16)36-51(54)68(58)60-59(44-33-40(61(2,3)4)21-24-57(44)72-60)70(55)41-22-23-45-46(34-41)63(7,8)26-25-62(45,5)6/h17-24,32,35-37,40-42,47,49-50,52,55H,25-31,33-34,38H2,1-16H3/t40-,41?,42?,47?,49?,50?,52?,55?/m0/s1. The van der Waals surface area contributed by atoms with Crippen LogP contribution in [-0.2, 0) is 6.42 Å². The number of allylic oxidation sites excluding steroid dienone is 15. The SMILES string of the molecule is CC1=CC2=C3B(C4=C(CC5C(=C4)C(C)(C)CCC5(C)C)N2C2=CC4C(C=C2C2C=CC=CC2F)C(C)(C)CCC4(C)C)c2oc4c(c2N(C2C=CC5=C(C2)C(C)(C)CCC5(C)C)C3C1)C[C@@H](C(C)(C)C)C=C4. The first-order valence-electron chi connectivity index (χ1n) is 28.7. The maximum Gasteiger partial charge on any atom is 0.292 e. The molecule has 0 spiro atoms. The minimum atomic E-state index is -1.09. The average molecular weight is 967 g/mol. The van der Waals surface area contributed by atoms with Crippen molar-refractivity contribution in [3.63, 3.8) is 0 Å². The van der Waals surface area contributed by atoms with E-state index in [1.807, 2.05) is 6.08 Å². The monoisotopic (exact) mass is 967 g/mol. The molecule has 8 atom stereocenters. The van der Waals surface area contributed by atoms with E-state index in [0.29, 0.717) is 23.7 Å². The highest BCUT2D eigenvalue weighted by molar-refractivity contribution is 6.88. The number of hydrogen-bond donors (Lipinski definition) is 0.